The molecule has 0 saturated carbocycles. The molecular formula is C12H13BrF3N5O. The number of rotatable bonds is 4. The molecule has 2 heterocycles. The molecular weight excluding hydrogens is 367 g/mol. The molecule has 0 aliphatic rings. The minimum Gasteiger partial charge on any atom is -0.346 e. The molecule has 1 N–H and O–H groups in total. The van der Waals surface area contributed by atoms with Gasteiger partial charge in [0.1, 0.15) is 0 Å². The second kappa shape index (κ2) is 6.11. The molecule has 120 valence electrons. The Kier molecular flexibility index (Phi) is 4.59. The molecule has 22 heavy (non-hydrogen) atoms. The fourth-order valence-electron chi connectivity index (χ4n) is 1.89. The lowest BCUT2D eigenvalue weighted by molar-refractivity contribution is -0.144. The number of nitrogens with one attached hydrogen (secondary N) is 1. The molecule has 0 bridgehead atoms. The van der Waals surface area contributed by atoms with Crippen molar-refractivity contribution in [3.05, 3.63) is 33.8 Å². The largest absolute Gasteiger partial charge is 0.434 e. The fraction of sp³-hybridized carbons (Fsp3) is 0.417. The fourth-order valence-corrected chi connectivity index (χ4v) is 2.63. The summed E-state index contributed by atoms with van der Waals surface area (Å²) in [7, 11) is 1.13. The Morgan fingerprint density at radius 2 is 2.14 bits per heavy atom. The standard InChI is InChI=1S/C12H13BrF3N5O/c1-3-21-6-7(5-18-21)4-17-11(22)9-8(13)10(12(14,15)16)20(2)19-9/h5-6H,3-4H2,1-2H3,(H,17,22). The van der Waals surface area contributed by atoms with Gasteiger partial charge in [-0.1, -0.05) is 0 Å². The molecule has 0 aromatic carbocycles. The monoisotopic (exact) mass is 379 g/mol. The zero-order valence-electron chi connectivity index (χ0n) is 11.8. The lowest BCUT2D eigenvalue weighted by Gasteiger charge is -2.06. The molecule has 0 fully saturated rings. The van der Waals surface area contributed by atoms with Gasteiger partial charge in [0.2, 0.25) is 0 Å². The van der Waals surface area contributed by atoms with Gasteiger partial charge in [0.05, 0.1) is 10.7 Å². The van der Waals surface area contributed by atoms with Crippen molar-refractivity contribution in [2.24, 2.45) is 7.05 Å². The van der Waals surface area contributed by atoms with Gasteiger partial charge in [0.15, 0.2) is 11.4 Å². The van der Waals surface area contributed by atoms with E-state index >= 15 is 0 Å². The van der Waals surface area contributed by atoms with Crippen LogP contribution in [0.5, 0.6) is 0 Å². The van der Waals surface area contributed by atoms with Crippen LogP contribution >= 0.6 is 15.9 Å². The van der Waals surface area contributed by atoms with Crippen LogP contribution in [0.4, 0.5) is 13.2 Å². The van der Waals surface area contributed by atoms with Crippen LogP contribution in [0.1, 0.15) is 28.7 Å². The third kappa shape index (κ3) is 3.32. The zero-order valence-corrected chi connectivity index (χ0v) is 13.4. The Balaban J connectivity index is 2.13. The molecule has 0 unspecified atom stereocenters. The van der Waals surface area contributed by atoms with E-state index in [4.69, 9.17) is 0 Å². The quantitative estimate of drug-likeness (QED) is 0.886. The topological polar surface area (TPSA) is 64.7 Å². The number of hydrogen-bond donors (Lipinski definition) is 1. The first-order valence-corrected chi connectivity index (χ1v) is 7.12. The van der Waals surface area contributed by atoms with E-state index in [1.54, 1.807) is 17.1 Å². The van der Waals surface area contributed by atoms with Crippen LogP contribution in [0.3, 0.4) is 0 Å². The lowest BCUT2D eigenvalue weighted by atomic mass is 10.3. The Morgan fingerprint density at radius 1 is 1.45 bits per heavy atom. The summed E-state index contributed by atoms with van der Waals surface area (Å²) >= 11 is 2.80. The van der Waals surface area contributed by atoms with Crippen LogP contribution in [-0.2, 0) is 26.3 Å². The Bertz CT molecular complexity index is 691. The number of aromatic nitrogens is 4. The van der Waals surface area contributed by atoms with Crippen molar-refractivity contribution in [1.29, 1.82) is 0 Å². The second-order valence-electron chi connectivity index (χ2n) is 4.52. The van der Waals surface area contributed by atoms with Gasteiger partial charge in [-0.3, -0.25) is 14.2 Å². The highest BCUT2D eigenvalue weighted by atomic mass is 79.9. The average molecular weight is 380 g/mol. The number of hydrogen-bond acceptors (Lipinski definition) is 3. The molecule has 1 amide bonds. The van der Waals surface area contributed by atoms with E-state index in [2.05, 4.69) is 31.4 Å². The zero-order chi connectivity index (χ0) is 16.5. The number of alkyl halides is 3. The molecule has 2 rings (SSSR count). The molecule has 0 atom stereocenters. The van der Waals surface area contributed by atoms with E-state index in [0.29, 0.717) is 11.2 Å². The summed E-state index contributed by atoms with van der Waals surface area (Å²) in [5, 5.41) is 10.2. The predicted molar refractivity (Wildman–Crippen MR) is 75.0 cm³/mol. The molecule has 2 aromatic heterocycles. The van der Waals surface area contributed by atoms with Gasteiger partial charge in [-0.25, -0.2) is 0 Å². The van der Waals surface area contributed by atoms with E-state index in [0.717, 1.165) is 12.6 Å². The molecule has 0 aliphatic heterocycles. The van der Waals surface area contributed by atoms with Crippen LogP contribution < -0.4 is 5.32 Å². The van der Waals surface area contributed by atoms with E-state index in [9.17, 15) is 18.0 Å². The van der Waals surface area contributed by atoms with E-state index < -0.39 is 17.8 Å². The van der Waals surface area contributed by atoms with E-state index in [1.807, 2.05) is 6.92 Å². The lowest BCUT2D eigenvalue weighted by Crippen LogP contribution is -2.23. The Labute approximate surface area is 132 Å². The van der Waals surface area contributed by atoms with Gasteiger partial charge in [-0.2, -0.15) is 23.4 Å². The third-order valence-electron chi connectivity index (χ3n) is 2.94. The number of amides is 1. The van der Waals surface area contributed by atoms with Crippen LogP contribution in [-0.4, -0.2) is 25.5 Å². The molecule has 0 saturated heterocycles. The Morgan fingerprint density at radius 3 is 2.64 bits per heavy atom. The predicted octanol–water partition coefficient (Wildman–Crippen LogP) is 2.35. The van der Waals surface area contributed by atoms with Crippen molar-refractivity contribution < 1.29 is 18.0 Å². The highest BCUT2D eigenvalue weighted by Crippen LogP contribution is 2.36. The van der Waals surface area contributed by atoms with Gasteiger partial charge in [-0.05, 0) is 22.9 Å². The Hall–Kier alpha value is -1.84. The number of carbonyl (C=O) groups is 1. The maximum Gasteiger partial charge on any atom is 0.434 e. The van der Waals surface area contributed by atoms with Gasteiger partial charge in [0.25, 0.3) is 5.91 Å². The highest BCUT2D eigenvalue weighted by molar-refractivity contribution is 9.10. The molecule has 0 aliphatic carbocycles. The first kappa shape index (κ1) is 16.5. The summed E-state index contributed by atoms with van der Waals surface area (Å²) in [5.74, 6) is -0.692. The minimum absolute atomic E-state index is 0.156. The maximum absolute atomic E-state index is 12.8. The van der Waals surface area contributed by atoms with E-state index in [-0.39, 0.29) is 16.7 Å². The van der Waals surface area contributed by atoms with Crippen LogP contribution in [0.2, 0.25) is 0 Å². The molecule has 0 radical (unpaired) electrons. The van der Waals surface area contributed by atoms with Crippen LogP contribution in [0, 0.1) is 0 Å². The van der Waals surface area contributed by atoms with Crippen molar-refractivity contribution >= 4 is 21.8 Å². The number of nitrogens with zero attached hydrogens (tertiary/aromatic N) is 4. The van der Waals surface area contributed by atoms with Crippen LogP contribution in [0.15, 0.2) is 16.9 Å². The normalized spacial score (nSPS) is 11.7. The first-order chi connectivity index (χ1) is 10.2. The highest BCUT2D eigenvalue weighted by Gasteiger charge is 2.39. The summed E-state index contributed by atoms with van der Waals surface area (Å²) < 4.78 is 40.5. The summed E-state index contributed by atoms with van der Waals surface area (Å²) in [6, 6.07) is 0. The van der Waals surface area contributed by atoms with Crippen molar-refractivity contribution in [3.8, 4) is 0 Å². The molecule has 10 heteroatoms. The molecule has 0 spiro atoms. The van der Waals surface area contributed by atoms with Crippen LogP contribution in [0.25, 0.3) is 0 Å². The first-order valence-electron chi connectivity index (χ1n) is 6.33. The summed E-state index contributed by atoms with van der Waals surface area (Å²) in [6.45, 7) is 2.76. The number of carbonyl (C=O) groups excluding carboxylic acids is 1. The third-order valence-corrected chi connectivity index (χ3v) is 3.69. The summed E-state index contributed by atoms with van der Waals surface area (Å²) in [5.41, 5.74) is -0.563. The second-order valence-corrected chi connectivity index (χ2v) is 5.31. The summed E-state index contributed by atoms with van der Waals surface area (Å²) in [4.78, 5) is 12.0. The minimum atomic E-state index is -4.60. The van der Waals surface area contributed by atoms with Crippen molar-refractivity contribution in [2.75, 3.05) is 0 Å². The number of aryl methyl sites for hydroxylation is 2. The van der Waals surface area contributed by atoms with Crippen molar-refractivity contribution in [2.45, 2.75) is 26.2 Å². The average Bonchev–Trinajstić information content (AvgIpc) is 2.99. The smallest absolute Gasteiger partial charge is 0.346 e. The summed E-state index contributed by atoms with van der Waals surface area (Å²) in [6.07, 6.45) is -1.27. The van der Waals surface area contributed by atoms with Crippen molar-refractivity contribution in [1.82, 2.24) is 24.9 Å². The van der Waals surface area contributed by atoms with Gasteiger partial charge >= 0.3 is 6.18 Å². The van der Waals surface area contributed by atoms with Gasteiger partial charge in [0, 0.05) is 31.9 Å². The number of halogens is 4. The molecule has 6 nitrogen and oxygen atoms in total. The SMILES string of the molecule is CCn1cc(CNC(=O)c2nn(C)c(C(F)(F)F)c2Br)cn1. The van der Waals surface area contributed by atoms with Gasteiger partial charge < -0.3 is 5.32 Å². The van der Waals surface area contributed by atoms with Crippen molar-refractivity contribution in [3.63, 3.8) is 0 Å². The van der Waals surface area contributed by atoms with Gasteiger partial charge in [-0.15, -0.1) is 0 Å². The maximum atomic E-state index is 12.8. The molecule has 2 aromatic rings. The van der Waals surface area contributed by atoms with E-state index in [1.165, 1.54) is 0 Å².